The number of hydrogen-bond acceptors (Lipinski definition) is 5. The van der Waals surface area contributed by atoms with E-state index in [1.165, 1.54) is 13.8 Å². The van der Waals surface area contributed by atoms with Crippen molar-refractivity contribution in [2.45, 2.75) is 45.9 Å². The topological polar surface area (TPSA) is 157 Å². The third-order valence-corrected chi connectivity index (χ3v) is 4.07. The Morgan fingerprint density at radius 2 is 1.55 bits per heavy atom. The van der Waals surface area contributed by atoms with Crippen LogP contribution in [-0.2, 0) is 14.4 Å². The maximum absolute atomic E-state index is 12.3. The minimum Gasteiger partial charge on any atom is -0.465 e. The Balaban J connectivity index is 2.64. The predicted octanol–water partition coefficient (Wildman–Crippen LogP) is 0.592. The normalized spacial score (nSPS) is 13.7. The van der Waals surface area contributed by atoms with E-state index >= 15 is 0 Å². The minimum atomic E-state index is -1.23. The first-order valence-electron chi connectivity index (χ1n) is 9.14. The fourth-order valence-corrected chi connectivity index (χ4v) is 2.46. The maximum atomic E-state index is 12.3. The van der Waals surface area contributed by atoms with E-state index in [-0.39, 0.29) is 18.4 Å². The van der Waals surface area contributed by atoms with Crippen LogP contribution in [0.1, 0.15) is 39.4 Å². The van der Waals surface area contributed by atoms with Gasteiger partial charge in [0.15, 0.2) is 0 Å². The molecule has 0 saturated carbocycles. The third kappa shape index (κ3) is 8.18. The fourth-order valence-electron chi connectivity index (χ4n) is 2.46. The van der Waals surface area contributed by atoms with Crippen LogP contribution in [0.4, 0.5) is 10.5 Å². The van der Waals surface area contributed by atoms with Crippen molar-refractivity contribution in [3.05, 3.63) is 29.8 Å². The molecule has 4 amide bonds. The molecular weight excluding hydrogens is 380 g/mol. The van der Waals surface area contributed by atoms with Crippen molar-refractivity contribution >= 4 is 29.5 Å². The Bertz CT molecular complexity index is 735. The average Bonchev–Trinajstić information content (AvgIpc) is 2.64. The van der Waals surface area contributed by atoms with E-state index in [1.807, 2.05) is 0 Å². The highest BCUT2D eigenvalue weighted by atomic mass is 16.4. The zero-order valence-electron chi connectivity index (χ0n) is 16.9. The largest absolute Gasteiger partial charge is 0.465 e. The zero-order valence-corrected chi connectivity index (χ0v) is 16.9. The second kappa shape index (κ2) is 11.0. The molecule has 10 nitrogen and oxygen atoms in total. The van der Waals surface area contributed by atoms with Crippen LogP contribution in [0.3, 0.4) is 0 Å². The van der Waals surface area contributed by atoms with Gasteiger partial charge in [-0.2, -0.15) is 0 Å². The molecule has 0 fully saturated rings. The van der Waals surface area contributed by atoms with E-state index in [1.54, 1.807) is 38.1 Å². The number of anilines is 1. The molecule has 10 heteroatoms. The van der Waals surface area contributed by atoms with Crippen LogP contribution < -0.4 is 21.3 Å². The van der Waals surface area contributed by atoms with Gasteiger partial charge in [0, 0.05) is 12.6 Å². The summed E-state index contributed by atoms with van der Waals surface area (Å²) in [5.41, 5.74) is 0.925. The lowest BCUT2D eigenvalue weighted by Crippen LogP contribution is -2.53. The quantitative estimate of drug-likeness (QED) is 0.351. The molecule has 0 aliphatic heterocycles. The van der Waals surface area contributed by atoms with E-state index in [0.717, 1.165) is 0 Å². The summed E-state index contributed by atoms with van der Waals surface area (Å²) in [4.78, 5) is 46.4. The van der Waals surface area contributed by atoms with Gasteiger partial charge in [0.1, 0.15) is 12.1 Å². The van der Waals surface area contributed by atoms with E-state index in [4.69, 9.17) is 5.11 Å². The molecule has 0 aliphatic rings. The number of carbonyl (C=O) groups is 4. The SMILES string of the molecule is CC(=O)N[C@H](C(=O)N[C@@H](C)C(=O)Nc1ccc(C(O)CNC(=O)O)cc1)C(C)C. The molecule has 0 saturated heterocycles. The summed E-state index contributed by atoms with van der Waals surface area (Å²) in [6.07, 6.45) is -2.25. The second-order valence-electron chi connectivity index (χ2n) is 6.97. The molecule has 160 valence electrons. The summed E-state index contributed by atoms with van der Waals surface area (Å²) in [5.74, 6) is -1.40. The molecule has 1 aromatic carbocycles. The molecule has 1 unspecified atom stereocenters. The standard InChI is InChI=1S/C19H28N4O6/c1-10(2)16(22-12(4)24)18(27)21-11(3)17(26)23-14-7-5-13(6-8-14)15(25)9-20-19(28)29/h5-8,10-11,15-16,20,25H,9H2,1-4H3,(H,21,27)(H,22,24)(H,23,26)(H,28,29)/t11-,15?,16-/m0/s1. The molecule has 3 atom stereocenters. The summed E-state index contributed by atoms with van der Waals surface area (Å²) in [5, 5.41) is 28.3. The van der Waals surface area contributed by atoms with Gasteiger partial charge < -0.3 is 31.5 Å². The monoisotopic (exact) mass is 408 g/mol. The van der Waals surface area contributed by atoms with Gasteiger partial charge in [-0.15, -0.1) is 0 Å². The zero-order chi connectivity index (χ0) is 22.1. The van der Waals surface area contributed by atoms with Crippen LogP contribution in [0.25, 0.3) is 0 Å². The number of nitrogens with one attached hydrogen (secondary N) is 4. The average molecular weight is 408 g/mol. The number of aliphatic hydroxyl groups excluding tert-OH is 1. The summed E-state index contributed by atoms with van der Waals surface area (Å²) >= 11 is 0. The third-order valence-electron chi connectivity index (χ3n) is 4.07. The molecule has 0 aromatic heterocycles. The molecular formula is C19H28N4O6. The number of carboxylic acid groups (broad SMARTS) is 1. The van der Waals surface area contributed by atoms with E-state index in [2.05, 4.69) is 21.3 Å². The summed E-state index contributed by atoms with van der Waals surface area (Å²) in [6, 6.07) is 4.63. The van der Waals surface area contributed by atoms with Crippen molar-refractivity contribution in [3.63, 3.8) is 0 Å². The molecule has 6 N–H and O–H groups in total. The van der Waals surface area contributed by atoms with Crippen LogP contribution in [0.2, 0.25) is 0 Å². The molecule has 0 aliphatic carbocycles. The smallest absolute Gasteiger partial charge is 0.404 e. The lowest BCUT2D eigenvalue weighted by molar-refractivity contribution is -0.131. The maximum Gasteiger partial charge on any atom is 0.404 e. The van der Waals surface area contributed by atoms with Gasteiger partial charge in [-0.05, 0) is 30.5 Å². The Labute approximate surface area is 169 Å². The van der Waals surface area contributed by atoms with Crippen molar-refractivity contribution in [1.29, 1.82) is 0 Å². The van der Waals surface area contributed by atoms with Gasteiger partial charge in [0.25, 0.3) is 0 Å². The number of hydrogen-bond donors (Lipinski definition) is 6. The first kappa shape index (κ1) is 23.9. The number of amides is 4. The molecule has 0 bridgehead atoms. The summed E-state index contributed by atoms with van der Waals surface area (Å²) in [7, 11) is 0. The highest BCUT2D eigenvalue weighted by Crippen LogP contribution is 2.16. The van der Waals surface area contributed by atoms with E-state index in [9.17, 15) is 24.3 Å². The fraction of sp³-hybridized carbons (Fsp3) is 0.474. The van der Waals surface area contributed by atoms with Crippen LogP contribution in [0.15, 0.2) is 24.3 Å². The lowest BCUT2D eigenvalue weighted by Gasteiger charge is -2.23. The lowest BCUT2D eigenvalue weighted by atomic mass is 10.0. The first-order valence-corrected chi connectivity index (χ1v) is 9.14. The number of benzene rings is 1. The highest BCUT2D eigenvalue weighted by Gasteiger charge is 2.26. The van der Waals surface area contributed by atoms with Crippen molar-refractivity contribution < 1.29 is 29.4 Å². The van der Waals surface area contributed by atoms with Crippen molar-refractivity contribution in [1.82, 2.24) is 16.0 Å². The molecule has 0 radical (unpaired) electrons. The van der Waals surface area contributed by atoms with Crippen LogP contribution in [0.5, 0.6) is 0 Å². The molecule has 1 aromatic rings. The summed E-state index contributed by atoms with van der Waals surface area (Å²) in [6.45, 7) is 6.25. The molecule has 0 heterocycles. The van der Waals surface area contributed by atoms with Gasteiger partial charge in [0.05, 0.1) is 12.6 Å². The molecule has 29 heavy (non-hydrogen) atoms. The first-order chi connectivity index (χ1) is 13.5. The van der Waals surface area contributed by atoms with Gasteiger partial charge in [-0.1, -0.05) is 26.0 Å². The van der Waals surface area contributed by atoms with E-state index in [0.29, 0.717) is 11.3 Å². The number of carbonyl (C=O) groups excluding carboxylic acids is 3. The summed E-state index contributed by atoms with van der Waals surface area (Å²) < 4.78 is 0. The van der Waals surface area contributed by atoms with E-state index < -0.39 is 36.1 Å². The predicted molar refractivity (Wildman–Crippen MR) is 106 cm³/mol. The number of aliphatic hydroxyl groups is 1. The van der Waals surface area contributed by atoms with Crippen molar-refractivity contribution in [3.8, 4) is 0 Å². The Morgan fingerprint density at radius 3 is 2.03 bits per heavy atom. The Kier molecular flexibility index (Phi) is 9.07. The minimum absolute atomic E-state index is 0.149. The molecule has 0 spiro atoms. The van der Waals surface area contributed by atoms with Gasteiger partial charge in [-0.3, -0.25) is 14.4 Å². The number of rotatable bonds is 9. The van der Waals surface area contributed by atoms with Crippen molar-refractivity contribution in [2.75, 3.05) is 11.9 Å². The van der Waals surface area contributed by atoms with Crippen LogP contribution in [-0.4, -0.2) is 52.7 Å². The second-order valence-corrected chi connectivity index (χ2v) is 6.97. The van der Waals surface area contributed by atoms with Crippen LogP contribution in [0, 0.1) is 5.92 Å². The van der Waals surface area contributed by atoms with Crippen molar-refractivity contribution in [2.24, 2.45) is 5.92 Å². The molecule has 1 rings (SSSR count). The van der Waals surface area contributed by atoms with Crippen LogP contribution >= 0.6 is 0 Å². The highest BCUT2D eigenvalue weighted by molar-refractivity contribution is 5.98. The van der Waals surface area contributed by atoms with Gasteiger partial charge >= 0.3 is 6.09 Å². The Hall–Kier alpha value is -3.14. The van der Waals surface area contributed by atoms with Gasteiger partial charge in [0.2, 0.25) is 17.7 Å². The van der Waals surface area contributed by atoms with Gasteiger partial charge in [-0.25, -0.2) is 4.79 Å². The Morgan fingerprint density at radius 1 is 0.966 bits per heavy atom.